The number of nitrogen functional groups attached to an aromatic ring is 1. The maximum absolute atomic E-state index is 5.86. The van der Waals surface area contributed by atoms with Crippen molar-refractivity contribution in [2.24, 2.45) is 0 Å². The summed E-state index contributed by atoms with van der Waals surface area (Å²) in [7, 11) is 0. The zero-order valence-corrected chi connectivity index (χ0v) is 15.3. The van der Waals surface area contributed by atoms with E-state index in [2.05, 4.69) is 39.4 Å². The SMILES string of the molecule is Nn1c(CSc2nc(-c3ccccc3)c(-c3ccccc3)[nH]2)n[nH]c1=S. The third-order valence-corrected chi connectivity index (χ3v) is 5.06. The smallest absolute Gasteiger partial charge is 0.214 e. The molecule has 26 heavy (non-hydrogen) atoms. The van der Waals surface area contributed by atoms with Crippen molar-refractivity contribution < 1.29 is 0 Å². The van der Waals surface area contributed by atoms with Crippen LogP contribution in [-0.4, -0.2) is 24.8 Å². The molecule has 130 valence electrons. The summed E-state index contributed by atoms with van der Waals surface area (Å²) < 4.78 is 1.77. The van der Waals surface area contributed by atoms with Gasteiger partial charge in [-0.1, -0.05) is 72.4 Å². The van der Waals surface area contributed by atoms with E-state index in [0.29, 0.717) is 16.3 Å². The molecule has 2 aromatic carbocycles. The number of aromatic amines is 2. The molecule has 2 aromatic heterocycles. The minimum Gasteiger partial charge on any atom is -0.335 e. The lowest BCUT2D eigenvalue weighted by Gasteiger charge is -2.02. The van der Waals surface area contributed by atoms with Crippen LogP contribution in [0.3, 0.4) is 0 Å². The van der Waals surface area contributed by atoms with Crippen LogP contribution in [0.5, 0.6) is 0 Å². The fraction of sp³-hybridized carbons (Fsp3) is 0.0556. The number of benzene rings is 2. The first-order valence-electron chi connectivity index (χ1n) is 7.97. The lowest BCUT2D eigenvalue weighted by molar-refractivity contribution is 0.903. The Hall–Kier alpha value is -2.84. The molecule has 2 heterocycles. The third kappa shape index (κ3) is 3.29. The molecular weight excluding hydrogens is 364 g/mol. The third-order valence-electron chi connectivity index (χ3n) is 3.91. The standard InChI is InChI=1S/C18H16N6S2/c19-24-14(22-23-18(24)25)11-26-17-20-15(12-7-3-1-4-8-12)16(21-17)13-9-5-2-6-10-13/h1-10H,11,19H2,(H,20,21)(H,23,25). The minimum absolute atomic E-state index is 0.398. The van der Waals surface area contributed by atoms with Crippen LogP contribution in [0.25, 0.3) is 22.5 Å². The molecule has 4 aromatic rings. The molecular formula is C18H16N6S2. The van der Waals surface area contributed by atoms with Crippen LogP contribution >= 0.6 is 24.0 Å². The summed E-state index contributed by atoms with van der Waals surface area (Å²) in [6, 6.07) is 20.3. The van der Waals surface area contributed by atoms with Gasteiger partial charge in [0.2, 0.25) is 4.77 Å². The van der Waals surface area contributed by atoms with Crippen molar-refractivity contribution in [3.63, 3.8) is 0 Å². The summed E-state index contributed by atoms with van der Waals surface area (Å²) in [4.78, 5) is 8.23. The molecule has 0 saturated heterocycles. The molecule has 0 fully saturated rings. The van der Waals surface area contributed by atoms with Crippen molar-refractivity contribution in [1.82, 2.24) is 24.8 Å². The predicted molar refractivity (Wildman–Crippen MR) is 107 cm³/mol. The Balaban J connectivity index is 1.69. The van der Waals surface area contributed by atoms with Crippen LogP contribution in [0.15, 0.2) is 65.8 Å². The van der Waals surface area contributed by atoms with E-state index >= 15 is 0 Å². The number of nitrogens with one attached hydrogen (secondary N) is 2. The maximum atomic E-state index is 5.86. The van der Waals surface area contributed by atoms with Crippen molar-refractivity contribution in [2.45, 2.75) is 10.9 Å². The van der Waals surface area contributed by atoms with Gasteiger partial charge in [0.05, 0.1) is 17.1 Å². The fourth-order valence-electron chi connectivity index (χ4n) is 2.61. The van der Waals surface area contributed by atoms with Gasteiger partial charge in [0.1, 0.15) is 0 Å². The van der Waals surface area contributed by atoms with Crippen LogP contribution in [0.4, 0.5) is 0 Å². The Kier molecular flexibility index (Phi) is 4.59. The summed E-state index contributed by atoms with van der Waals surface area (Å²) in [5.41, 5.74) is 4.07. The summed E-state index contributed by atoms with van der Waals surface area (Å²) in [5, 5.41) is 7.62. The highest BCUT2D eigenvalue weighted by molar-refractivity contribution is 7.98. The van der Waals surface area contributed by atoms with Gasteiger partial charge in [-0.2, -0.15) is 5.10 Å². The van der Waals surface area contributed by atoms with Gasteiger partial charge in [-0.05, 0) is 12.2 Å². The van der Waals surface area contributed by atoms with Gasteiger partial charge in [0, 0.05) is 11.1 Å². The molecule has 0 spiro atoms. The fourth-order valence-corrected chi connectivity index (χ4v) is 3.56. The number of rotatable bonds is 5. The number of thioether (sulfide) groups is 1. The van der Waals surface area contributed by atoms with Gasteiger partial charge >= 0.3 is 0 Å². The molecule has 4 rings (SSSR count). The van der Waals surface area contributed by atoms with E-state index in [1.165, 1.54) is 16.4 Å². The topological polar surface area (TPSA) is 88.3 Å². The molecule has 0 bridgehead atoms. The molecule has 0 saturated carbocycles. The van der Waals surface area contributed by atoms with Crippen LogP contribution in [0, 0.1) is 4.77 Å². The number of H-pyrrole nitrogens is 2. The van der Waals surface area contributed by atoms with Crippen LogP contribution < -0.4 is 5.84 Å². The normalized spacial score (nSPS) is 10.9. The highest BCUT2D eigenvalue weighted by Gasteiger charge is 2.15. The maximum Gasteiger partial charge on any atom is 0.214 e. The van der Waals surface area contributed by atoms with Gasteiger partial charge in [-0.25, -0.2) is 9.66 Å². The van der Waals surface area contributed by atoms with E-state index in [-0.39, 0.29) is 0 Å². The Morgan fingerprint density at radius 3 is 2.27 bits per heavy atom. The Morgan fingerprint density at radius 2 is 1.65 bits per heavy atom. The van der Waals surface area contributed by atoms with E-state index in [0.717, 1.165) is 27.7 Å². The number of nitrogens with two attached hydrogens (primary N) is 1. The zero-order chi connectivity index (χ0) is 17.9. The zero-order valence-electron chi connectivity index (χ0n) is 13.7. The van der Waals surface area contributed by atoms with Crippen molar-refractivity contribution in [1.29, 1.82) is 0 Å². The van der Waals surface area contributed by atoms with Gasteiger partial charge in [0.25, 0.3) is 0 Å². The number of hydrogen-bond donors (Lipinski definition) is 3. The molecule has 8 heteroatoms. The number of nitrogens with zero attached hydrogens (tertiary/aromatic N) is 3. The number of imidazole rings is 1. The van der Waals surface area contributed by atoms with Gasteiger partial charge in [0.15, 0.2) is 11.0 Å². The van der Waals surface area contributed by atoms with Gasteiger partial charge in [-0.3, -0.25) is 5.10 Å². The molecule has 0 aliphatic carbocycles. The van der Waals surface area contributed by atoms with Crippen LogP contribution in [0.1, 0.15) is 5.82 Å². The molecule has 6 nitrogen and oxygen atoms in total. The molecule has 0 radical (unpaired) electrons. The van der Waals surface area contributed by atoms with Crippen molar-refractivity contribution >= 4 is 24.0 Å². The van der Waals surface area contributed by atoms with E-state index in [4.69, 9.17) is 23.0 Å². The van der Waals surface area contributed by atoms with Crippen molar-refractivity contribution in [3.8, 4) is 22.5 Å². The summed E-state index contributed by atoms with van der Waals surface area (Å²) in [6.07, 6.45) is 0. The molecule has 0 aliphatic rings. The molecule has 4 N–H and O–H groups in total. The van der Waals surface area contributed by atoms with Gasteiger partial charge < -0.3 is 10.8 Å². The Bertz CT molecular complexity index is 1010. The highest BCUT2D eigenvalue weighted by atomic mass is 32.2. The monoisotopic (exact) mass is 380 g/mol. The first-order chi connectivity index (χ1) is 12.7. The summed E-state index contributed by atoms with van der Waals surface area (Å²) in [6.45, 7) is 0. The number of hydrogen-bond acceptors (Lipinski definition) is 5. The van der Waals surface area contributed by atoms with Gasteiger partial charge in [-0.15, -0.1) is 0 Å². The van der Waals surface area contributed by atoms with Crippen molar-refractivity contribution in [3.05, 3.63) is 71.3 Å². The lowest BCUT2D eigenvalue weighted by atomic mass is 10.1. The first kappa shape index (κ1) is 16.6. The van der Waals surface area contributed by atoms with Crippen molar-refractivity contribution in [2.75, 3.05) is 5.84 Å². The second kappa shape index (κ2) is 7.19. The molecule has 0 atom stereocenters. The lowest BCUT2D eigenvalue weighted by Crippen LogP contribution is -2.11. The molecule has 0 amide bonds. The highest BCUT2D eigenvalue weighted by Crippen LogP contribution is 2.33. The molecule has 0 aliphatic heterocycles. The Labute approximate surface area is 159 Å². The first-order valence-corrected chi connectivity index (χ1v) is 9.37. The second-order valence-electron chi connectivity index (χ2n) is 5.60. The number of aromatic nitrogens is 5. The average molecular weight is 381 g/mol. The van der Waals surface area contributed by atoms with E-state index in [1.807, 2.05) is 36.4 Å². The summed E-state index contributed by atoms with van der Waals surface area (Å²) in [5.74, 6) is 7.08. The van der Waals surface area contributed by atoms with E-state index in [9.17, 15) is 0 Å². The van der Waals surface area contributed by atoms with E-state index < -0.39 is 0 Å². The Morgan fingerprint density at radius 1 is 1.00 bits per heavy atom. The largest absolute Gasteiger partial charge is 0.335 e. The minimum atomic E-state index is 0.398. The average Bonchev–Trinajstić information content (AvgIpc) is 3.26. The quantitative estimate of drug-likeness (QED) is 0.277. The predicted octanol–water partition coefficient (Wildman–Crippen LogP) is 4.00. The molecule has 0 unspecified atom stereocenters. The van der Waals surface area contributed by atoms with E-state index in [1.54, 1.807) is 0 Å². The second-order valence-corrected chi connectivity index (χ2v) is 6.95. The summed E-state index contributed by atoms with van der Waals surface area (Å²) >= 11 is 6.57. The van der Waals surface area contributed by atoms with Crippen LogP contribution in [0.2, 0.25) is 0 Å². The van der Waals surface area contributed by atoms with Crippen LogP contribution in [-0.2, 0) is 5.75 Å².